The van der Waals surface area contributed by atoms with Crippen molar-refractivity contribution in [2.75, 3.05) is 12.4 Å². The van der Waals surface area contributed by atoms with Gasteiger partial charge in [-0.05, 0) is 31.0 Å². The predicted octanol–water partition coefficient (Wildman–Crippen LogP) is 3.00. The molecule has 1 aromatic rings. The molecule has 0 saturated heterocycles. The van der Waals surface area contributed by atoms with Crippen molar-refractivity contribution in [1.82, 2.24) is 0 Å². The lowest BCUT2D eigenvalue weighted by Gasteiger charge is -2.06. The summed E-state index contributed by atoms with van der Waals surface area (Å²) in [5.74, 6) is 0. The first-order valence-electron chi connectivity index (χ1n) is 3.59. The van der Waals surface area contributed by atoms with Gasteiger partial charge in [-0.25, -0.2) is 0 Å². The molecule has 1 nitrogen and oxygen atoms in total. The van der Waals surface area contributed by atoms with Gasteiger partial charge in [-0.1, -0.05) is 17.7 Å². The number of nitrogens with one attached hydrogen (secondary N) is 1. The molecule has 60 valence electrons. The van der Waals surface area contributed by atoms with Crippen LogP contribution in [0.15, 0.2) is 12.1 Å². The molecule has 0 spiro atoms. The van der Waals surface area contributed by atoms with Crippen LogP contribution in [0.4, 0.5) is 5.69 Å². The third-order valence-electron chi connectivity index (χ3n) is 1.77. The van der Waals surface area contributed by atoms with Gasteiger partial charge in [0.1, 0.15) is 0 Å². The molecule has 0 aromatic heterocycles. The summed E-state index contributed by atoms with van der Waals surface area (Å²) in [4.78, 5) is 0. The second-order valence-electron chi connectivity index (χ2n) is 2.67. The van der Waals surface area contributed by atoms with E-state index in [0.717, 1.165) is 16.3 Å². The van der Waals surface area contributed by atoms with Crippen LogP contribution in [0.3, 0.4) is 0 Å². The molecule has 2 heteroatoms. The van der Waals surface area contributed by atoms with E-state index in [1.165, 1.54) is 5.56 Å². The average Bonchev–Trinajstić information content (AvgIpc) is 1.97. The molecule has 0 aliphatic carbocycles. The Hall–Kier alpha value is -0.690. The van der Waals surface area contributed by atoms with Crippen molar-refractivity contribution in [3.8, 4) is 0 Å². The minimum atomic E-state index is 0.819. The fraction of sp³-hybridized carbons (Fsp3) is 0.333. The van der Waals surface area contributed by atoms with Gasteiger partial charge in [0.15, 0.2) is 0 Å². The van der Waals surface area contributed by atoms with Crippen LogP contribution in [0, 0.1) is 13.8 Å². The topological polar surface area (TPSA) is 12.0 Å². The molecule has 0 bridgehead atoms. The molecule has 0 aliphatic rings. The van der Waals surface area contributed by atoms with Crippen molar-refractivity contribution in [3.05, 3.63) is 28.3 Å². The lowest BCUT2D eigenvalue weighted by molar-refractivity contribution is 1.35. The van der Waals surface area contributed by atoms with Crippen LogP contribution in [0.2, 0.25) is 5.02 Å². The highest BCUT2D eigenvalue weighted by Crippen LogP contribution is 2.23. The quantitative estimate of drug-likeness (QED) is 0.682. The Morgan fingerprint density at radius 1 is 1.18 bits per heavy atom. The minimum absolute atomic E-state index is 0.819. The lowest BCUT2D eigenvalue weighted by Crippen LogP contribution is -1.92. The van der Waals surface area contributed by atoms with Crippen LogP contribution in [0.5, 0.6) is 0 Å². The number of benzene rings is 1. The molecule has 0 amide bonds. The molecule has 0 aliphatic heterocycles. The summed E-state index contributed by atoms with van der Waals surface area (Å²) in [6.07, 6.45) is 0. The molecule has 11 heavy (non-hydrogen) atoms. The Labute approximate surface area is 72.4 Å². The largest absolute Gasteiger partial charge is 0.388 e. The van der Waals surface area contributed by atoms with Gasteiger partial charge in [0, 0.05) is 17.8 Å². The maximum Gasteiger partial charge on any atom is 0.0455 e. The number of rotatable bonds is 1. The molecule has 0 heterocycles. The fourth-order valence-electron chi connectivity index (χ4n) is 1.10. The van der Waals surface area contributed by atoms with Gasteiger partial charge in [0.05, 0.1) is 0 Å². The predicted molar refractivity (Wildman–Crippen MR) is 50.5 cm³/mol. The minimum Gasteiger partial charge on any atom is -0.388 e. The van der Waals surface area contributed by atoms with Crippen molar-refractivity contribution < 1.29 is 0 Å². The first kappa shape index (κ1) is 8.41. The van der Waals surface area contributed by atoms with E-state index in [0.29, 0.717) is 0 Å². The van der Waals surface area contributed by atoms with Crippen LogP contribution >= 0.6 is 11.6 Å². The molecule has 1 N–H and O–H groups in total. The van der Waals surface area contributed by atoms with Gasteiger partial charge >= 0.3 is 0 Å². The summed E-state index contributed by atoms with van der Waals surface area (Å²) in [5.41, 5.74) is 3.46. The zero-order chi connectivity index (χ0) is 8.43. The van der Waals surface area contributed by atoms with Crippen molar-refractivity contribution in [2.24, 2.45) is 0 Å². The number of aryl methyl sites for hydroxylation is 2. The van der Waals surface area contributed by atoms with Gasteiger partial charge in [-0.3, -0.25) is 0 Å². The molecule has 1 aromatic carbocycles. The van der Waals surface area contributed by atoms with Crippen LogP contribution in [0.1, 0.15) is 11.1 Å². The van der Waals surface area contributed by atoms with Crippen molar-refractivity contribution in [1.29, 1.82) is 0 Å². The van der Waals surface area contributed by atoms with E-state index < -0.39 is 0 Å². The third kappa shape index (κ3) is 1.66. The summed E-state index contributed by atoms with van der Waals surface area (Å²) < 4.78 is 0. The molecule has 0 radical (unpaired) electrons. The summed E-state index contributed by atoms with van der Waals surface area (Å²) >= 11 is 5.92. The Bertz CT molecular complexity index is 269. The second kappa shape index (κ2) is 3.14. The van der Waals surface area contributed by atoms with E-state index in [1.807, 2.05) is 20.0 Å². The standard InChI is InChI=1S/C9H12ClN/c1-6-4-7(2)9(11-3)5-8(6)10/h4-5,11H,1-3H3. The first-order valence-corrected chi connectivity index (χ1v) is 3.97. The molecule has 0 fully saturated rings. The normalized spacial score (nSPS) is 9.82. The lowest BCUT2D eigenvalue weighted by atomic mass is 10.1. The molecular formula is C9H12ClN. The Balaban J connectivity index is 3.21. The van der Waals surface area contributed by atoms with Crippen LogP contribution in [-0.2, 0) is 0 Å². The van der Waals surface area contributed by atoms with Crippen molar-refractivity contribution in [2.45, 2.75) is 13.8 Å². The van der Waals surface area contributed by atoms with Crippen molar-refractivity contribution >= 4 is 17.3 Å². The summed E-state index contributed by atoms with van der Waals surface area (Å²) in [5, 5.41) is 3.90. The summed E-state index contributed by atoms with van der Waals surface area (Å²) in [6, 6.07) is 4.03. The number of hydrogen-bond acceptors (Lipinski definition) is 1. The number of anilines is 1. The SMILES string of the molecule is CNc1cc(Cl)c(C)cc1C. The Kier molecular flexibility index (Phi) is 2.40. The van der Waals surface area contributed by atoms with Gasteiger partial charge in [0.2, 0.25) is 0 Å². The van der Waals surface area contributed by atoms with Crippen molar-refractivity contribution in [3.63, 3.8) is 0 Å². The highest BCUT2D eigenvalue weighted by molar-refractivity contribution is 6.31. The van der Waals surface area contributed by atoms with E-state index in [4.69, 9.17) is 11.6 Å². The van der Waals surface area contributed by atoms with E-state index in [2.05, 4.69) is 18.3 Å². The van der Waals surface area contributed by atoms with Gasteiger partial charge in [0.25, 0.3) is 0 Å². The second-order valence-corrected chi connectivity index (χ2v) is 3.07. The maximum atomic E-state index is 5.92. The van der Waals surface area contributed by atoms with Crippen LogP contribution in [0.25, 0.3) is 0 Å². The highest BCUT2D eigenvalue weighted by Gasteiger charge is 1.99. The molecule has 0 unspecified atom stereocenters. The third-order valence-corrected chi connectivity index (χ3v) is 2.18. The number of halogens is 1. The maximum absolute atomic E-state index is 5.92. The van der Waals surface area contributed by atoms with E-state index in [1.54, 1.807) is 0 Å². The van der Waals surface area contributed by atoms with Gasteiger partial charge in [-0.15, -0.1) is 0 Å². The van der Waals surface area contributed by atoms with Gasteiger partial charge < -0.3 is 5.32 Å². The first-order chi connectivity index (χ1) is 5.15. The Morgan fingerprint density at radius 3 is 2.36 bits per heavy atom. The summed E-state index contributed by atoms with van der Waals surface area (Å²) in [6.45, 7) is 4.07. The molecular weight excluding hydrogens is 158 g/mol. The Morgan fingerprint density at radius 2 is 1.82 bits per heavy atom. The fourth-order valence-corrected chi connectivity index (χ4v) is 1.26. The van der Waals surface area contributed by atoms with Gasteiger partial charge in [-0.2, -0.15) is 0 Å². The molecule has 1 rings (SSSR count). The van der Waals surface area contributed by atoms with E-state index in [-0.39, 0.29) is 0 Å². The zero-order valence-corrected chi connectivity index (χ0v) is 7.79. The number of hydrogen-bond donors (Lipinski definition) is 1. The van der Waals surface area contributed by atoms with E-state index >= 15 is 0 Å². The van der Waals surface area contributed by atoms with Crippen LogP contribution < -0.4 is 5.32 Å². The molecule has 0 atom stereocenters. The average molecular weight is 170 g/mol. The monoisotopic (exact) mass is 169 g/mol. The highest BCUT2D eigenvalue weighted by atomic mass is 35.5. The molecule has 0 saturated carbocycles. The zero-order valence-electron chi connectivity index (χ0n) is 7.03. The smallest absolute Gasteiger partial charge is 0.0455 e. The van der Waals surface area contributed by atoms with E-state index in [9.17, 15) is 0 Å². The van der Waals surface area contributed by atoms with Crippen LogP contribution in [-0.4, -0.2) is 7.05 Å². The summed E-state index contributed by atoms with van der Waals surface area (Å²) in [7, 11) is 1.90.